The van der Waals surface area contributed by atoms with E-state index in [0.29, 0.717) is 29.7 Å². The van der Waals surface area contributed by atoms with Crippen LogP contribution >= 0.6 is 0 Å². The van der Waals surface area contributed by atoms with Gasteiger partial charge in [-0.15, -0.1) is 0 Å². The Morgan fingerprint density at radius 2 is 2.16 bits per heavy atom. The number of carbonyl (C=O) groups is 1. The number of amides is 1. The third kappa shape index (κ3) is 2.93. The molecule has 4 rings (SSSR count). The molecule has 1 aliphatic heterocycles. The highest BCUT2D eigenvalue weighted by atomic mass is 19.1. The largest absolute Gasteiger partial charge is 0.348 e. The van der Waals surface area contributed by atoms with Crippen LogP contribution in [0.15, 0.2) is 41.3 Å². The minimum absolute atomic E-state index is 0.0644. The van der Waals surface area contributed by atoms with Gasteiger partial charge < -0.3 is 14.9 Å². The fourth-order valence-corrected chi connectivity index (χ4v) is 3.44. The molecule has 1 amide bonds. The maximum absolute atomic E-state index is 13.8. The van der Waals surface area contributed by atoms with E-state index >= 15 is 0 Å². The number of hydrogen-bond acceptors (Lipinski definition) is 3. The molecule has 25 heavy (non-hydrogen) atoms. The van der Waals surface area contributed by atoms with Crippen LogP contribution in [-0.4, -0.2) is 38.8 Å². The molecule has 0 unspecified atom stereocenters. The number of nitrogens with one attached hydrogen (secondary N) is 2. The second kappa shape index (κ2) is 6.16. The average molecular weight is 340 g/mol. The topological polar surface area (TPSA) is 81.8 Å². The summed E-state index contributed by atoms with van der Waals surface area (Å²) < 4.78 is 13.8. The number of fused-ring (bicyclic) bond motifs is 1. The number of H-pyrrole nitrogens is 2. The van der Waals surface area contributed by atoms with Gasteiger partial charge in [-0.1, -0.05) is 12.1 Å². The van der Waals surface area contributed by atoms with E-state index in [2.05, 4.69) is 15.0 Å². The van der Waals surface area contributed by atoms with Gasteiger partial charge >= 0.3 is 5.69 Å². The fraction of sp³-hybridized carbons (Fsp3) is 0.278. The normalized spacial score (nSPS) is 17.8. The van der Waals surface area contributed by atoms with Crippen LogP contribution in [0, 0.1) is 5.82 Å². The average Bonchev–Trinajstić information content (AvgIpc) is 3.07. The van der Waals surface area contributed by atoms with Gasteiger partial charge in [-0.25, -0.2) is 14.2 Å². The summed E-state index contributed by atoms with van der Waals surface area (Å²) in [6, 6.07) is 8.21. The van der Waals surface area contributed by atoms with Gasteiger partial charge in [0, 0.05) is 36.3 Å². The Balaban J connectivity index is 1.58. The smallest absolute Gasteiger partial charge is 0.345 e. The fourth-order valence-electron chi connectivity index (χ4n) is 3.44. The number of halogens is 1. The molecule has 1 aromatic carbocycles. The van der Waals surface area contributed by atoms with Crippen molar-refractivity contribution < 1.29 is 9.18 Å². The predicted molar refractivity (Wildman–Crippen MR) is 91.0 cm³/mol. The van der Waals surface area contributed by atoms with Gasteiger partial charge in [0.05, 0.1) is 5.52 Å². The van der Waals surface area contributed by atoms with Gasteiger partial charge in [0.15, 0.2) is 0 Å². The van der Waals surface area contributed by atoms with Crippen molar-refractivity contribution in [3.63, 3.8) is 0 Å². The van der Waals surface area contributed by atoms with Crippen molar-refractivity contribution in [3.8, 4) is 0 Å². The predicted octanol–water partition coefficient (Wildman–Crippen LogP) is 2.41. The first-order valence-electron chi connectivity index (χ1n) is 8.23. The van der Waals surface area contributed by atoms with E-state index < -0.39 is 0 Å². The first-order chi connectivity index (χ1) is 12.1. The van der Waals surface area contributed by atoms with Crippen molar-refractivity contribution in [2.75, 3.05) is 13.1 Å². The number of likely N-dealkylation sites (tertiary alicyclic amines) is 1. The number of piperidine rings is 1. The standard InChI is InChI=1S/C18H17FN4O2/c19-13-5-1-3-11-9-15(21-16(11)13)17(24)23-8-2-4-12(10-23)14-6-7-20-18(25)22-14/h1,3,5-7,9,12,21H,2,4,8,10H2,(H,20,22,25)/t12-/m0/s1. The van der Waals surface area contributed by atoms with Crippen LogP contribution in [0.2, 0.25) is 0 Å². The van der Waals surface area contributed by atoms with Gasteiger partial charge in [-0.3, -0.25) is 4.79 Å². The van der Waals surface area contributed by atoms with Crippen molar-refractivity contribution in [3.05, 3.63) is 64.2 Å². The minimum Gasteiger partial charge on any atom is -0.348 e. The summed E-state index contributed by atoms with van der Waals surface area (Å²) in [5, 5.41) is 0.676. The molecule has 0 radical (unpaired) electrons. The number of carbonyl (C=O) groups excluding carboxylic acids is 1. The lowest BCUT2D eigenvalue weighted by Gasteiger charge is -2.32. The Morgan fingerprint density at radius 1 is 1.28 bits per heavy atom. The maximum Gasteiger partial charge on any atom is 0.345 e. The summed E-state index contributed by atoms with van der Waals surface area (Å²) in [6.07, 6.45) is 3.22. The van der Waals surface area contributed by atoms with E-state index in [1.165, 1.54) is 12.3 Å². The molecule has 1 aliphatic rings. The van der Waals surface area contributed by atoms with E-state index in [0.717, 1.165) is 18.5 Å². The van der Waals surface area contributed by atoms with Crippen molar-refractivity contribution in [1.82, 2.24) is 19.9 Å². The summed E-state index contributed by atoms with van der Waals surface area (Å²) in [7, 11) is 0. The molecule has 3 heterocycles. The van der Waals surface area contributed by atoms with Gasteiger partial charge in [0.2, 0.25) is 0 Å². The molecule has 0 saturated carbocycles. The number of aromatic amines is 2. The molecule has 1 fully saturated rings. The molecule has 128 valence electrons. The van der Waals surface area contributed by atoms with Crippen LogP contribution in [0.25, 0.3) is 10.9 Å². The van der Waals surface area contributed by atoms with Crippen molar-refractivity contribution >= 4 is 16.8 Å². The van der Waals surface area contributed by atoms with Gasteiger partial charge in [-0.2, -0.15) is 0 Å². The number of para-hydroxylation sites is 1. The van der Waals surface area contributed by atoms with Crippen LogP contribution in [0.5, 0.6) is 0 Å². The zero-order chi connectivity index (χ0) is 17.4. The lowest BCUT2D eigenvalue weighted by molar-refractivity contribution is 0.0701. The van der Waals surface area contributed by atoms with E-state index in [4.69, 9.17) is 0 Å². The summed E-state index contributed by atoms with van der Waals surface area (Å²) in [6.45, 7) is 1.15. The molecular weight excluding hydrogens is 323 g/mol. The lowest BCUT2D eigenvalue weighted by Crippen LogP contribution is -2.39. The van der Waals surface area contributed by atoms with Crippen molar-refractivity contribution in [1.29, 1.82) is 0 Å². The molecule has 2 N–H and O–H groups in total. The second-order valence-corrected chi connectivity index (χ2v) is 6.31. The first-order valence-corrected chi connectivity index (χ1v) is 8.23. The third-order valence-electron chi connectivity index (χ3n) is 4.68. The number of aromatic nitrogens is 3. The Kier molecular flexibility index (Phi) is 3.83. The molecule has 1 atom stereocenters. The van der Waals surface area contributed by atoms with Crippen molar-refractivity contribution in [2.24, 2.45) is 0 Å². The highest BCUT2D eigenvalue weighted by Crippen LogP contribution is 2.26. The Morgan fingerprint density at radius 3 is 2.96 bits per heavy atom. The summed E-state index contributed by atoms with van der Waals surface area (Å²) in [5.74, 6) is -0.464. The molecular formula is C18H17FN4O2. The summed E-state index contributed by atoms with van der Waals surface area (Å²) in [4.78, 5) is 35.2. The zero-order valence-electron chi connectivity index (χ0n) is 13.5. The van der Waals surface area contributed by atoms with Crippen LogP contribution in [-0.2, 0) is 0 Å². The van der Waals surface area contributed by atoms with Crippen molar-refractivity contribution in [2.45, 2.75) is 18.8 Å². The molecule has 1 saturated heterocycles. The van der Waals surface area contributed by atoms with E-state index in [9.17, 15) is 14.0 Å². The van der Waals surface area contributed by atoms with Crippen LogP contribution in [0.3, 0.4) is 0 Å². The molecule has 7 heteroatoms. The van der Waals surface area contributed by atoms with Crippen LogP contribution in [0.1, 0.15) is 34.9 Å². The Hall–Kier alpha value is -2.96. The monoisotopic (exact) mass is 340 g/mol. The second-order valence-electron chi connectivity index (χ2n) is 6.31. The summed E-state index contributed by atoms with van der Waals surface area (Å²) in [5.41, 5.74) is 1.13. The molecule has 0 bridgehead atoms. The zero-order valence-corrected chi connectivity index (χ0v) is 13.5. The van der Waals surface area contributed by atoms with E-state index in [1.54, 1.807) is 29.2 Å². The quantitative estimate of drug-likeness (QED) is 0.752. The molecule has 2 aromatic heterocycles. The molecule has 6 nitrogen and oxygen atoms in total. The third-order valence-corrected chi connectivity index (χ3v) is 4.68. The highest BCUT2D eigenvalue weighted by molar-refractivity contribution is 5.98. The van der Waals surface area contributed by atoms with E-state index in [-0.39, 0.29) is 23.3 Å². The highest BCUT2D eigenvalue weighted by Gasteiger charge is 2.27. The molecule has 0 aliphatic carbocycles. The van der Waals surface area contributed by atoms with Crippen LogP contribution < -0.4 is 5.69 Å². The molecule has 0 spiro atoms. The number of hydrogen-bond donors (Lipinski definition) is 2. The van der Waals surface area contributed by atoms with E-state index in [1.807, 2.05) is 0 Å². The SMILES string of the molecule is O=C(c1cc2cccc(F)c2[nH]1)N1CCC[C@H](c2ccnc(=O)[nH]2)C1. The number of benzene rings is 1. The van der Waals surface area contributed by atoms with Gasteiger partial charge in [0.1, 0.15) is 11.5 Å². The maximum atomic E-state index is 13.8. The first kappa shape index (κ1) is 15.6. The lowest BCUT2D eigenvalue weighted by atomic mass is 9.94. The van der Waals surface area contributed by atoms with Gasteiger partial charge in [0.25, 0.3) is 5.91 Å². The Bertz CT molecular complexity index is 994. The number of rotatable bonds is 2. The number of nitrogens with zero attached hydrogens (tertiary/aromatic N) is 2. The van der Waals surface area contributed by atoms with Crippen LogP contribution in [0.4, 0.5) is 4.39 Å². The molecule has 3 aromatic rings. The van der Waals surface area contributed by atoms with Gasteiger partial charge in [-0.05, 0) is 31.0 Å². The minimum atomic E-state index is -0.382. The summed E-state index contributed by atoms with van der Waals surface area (Å²) >= 11 is 0. The Labute approximate surface area is 142 Å².